The average molecular weight is 286 g/mol. The fraction of sp³-hybridized carbons (Fsp3) is 0.250. The summed E-state index contributed by atoms with van der Waals surface area (Å²) in [4.78, 5) is 15.6. The number of ether oxygens (including phenoxy) is 2. The van der Waals surface area contributed by atoms with Crippen molar-refractivity contribution in [1.29, 1.82) is 0 Å². The zero-order valence-corrected chi connectivity index (χ0v) is 12.3. The molecule has 0 aliphatic carbocycles. The summed E-state index contributed by atoms with van der Waals surface area (Å²) < 4.78 is 10.8. The lowest BCUT2D eigenvalue weighted by Gasteiger charge is -2.19. The Morgan fingerprint density at radius 2 is 1.57 bits per heavy atom. The smallest absolute Gasteiger partial charge is 0.412 e. The predicted octanol–water partition coefficient (Wildman–Crippen LogP) is 4.22. The first kappa shape index (κ1) is 14.8. The van der Waals surface area contributed by atoms with Gasteiger partial charge in [-0.2, -0.15) is 0 Å². The van der Waals surface area contributed by atoms with Gasteiger partial charge in [0.2, 0.25) is 0 Å². The second kappa shape index (κ2) is 6.26. The standard InChI is InChI=1S/C16H18N2O3/c1-16(2,3)21-15(19)18-12-4-6-13(7-5-12)20-14-8-10-17-11-9-14/h4-11H,1-3H3,(H,18,19). The molecule has 2 aromatic rings. The molecule has 1 amide bonds. The molecule has 5 nitrogen and oxygen atoms in total. The molecule has 21 heavy (non-hydrogen) atoms. The van der Waals surface area contributed by atoms with Crippen molar-refractivity contribution in [3.05, 3.63) is 48.8 Å². The summed E-state index contributed by atoms with van der Waals surface area (Å²) in [5.41, 5.74) is 0.125. The molecule has 2 rings (SSSR count). The summed E-state index contributed by atoms with van der Waals surface area (Å²) in [7, 11) is 0. The molecule has 0 fully saturated rings. The number of rotatable bonds is 3. The lowest BCUT2D eigenvalue weighted by Crippen LogP contribution is -2.27. The molecule has 1 heterocycles. The molecule has 0 aliphatic heterocycles. The molecule has 1 aromatic heterocycles. The van der Waals surface area contributed by atoms with Crippen LogP contribution in [0.5, 0.6) is 11.5 Å². The Morgan fingerprint density at radius 3 is 2.14 bits per heavy atom. The average Bonchev–Trinajstić information content (AvgIpc) is 2.40. The predicted molar refractivity (Wildman–Crippen MR) is 80.6 cm³/mol. The zero-order chi connectivity index (χ0) is 15.3. The van der Waals surface area contributed by atoms with Gasteiger partial charge in [-0.05, 0) is 57.2 Å². The highest BCUT2D eigenvalue weighted by atomic mass is 16.6. The van der Waals surface area contributed by atoms with Crippen LogP contribution < -0.4 is 10.1 Å². The number of anilines is 1. The highest BCUT2D eigenvalue weighted by Crippen LogP contribution is 2.22. The van der Waals surface area contributed by atoms with Crippen LogP contribution in [0.2, 0.25) is 0 Å². The monoisotopic (exact) mass is 286 g/mol. The maximum atomic E-state index is 11.6. The fourth-order valence-corrected chi connectivity index (χ4v) is 1.57. The van der Waals surface area contributed by atoms with Gasteiger partial charge in [0.1, 0.15) is 17.1 Å². The first-order valence-corrected chi connectivity index (χ1v) is 6.60. The molecule has 0 unspecified atom stereocenters. The Morgan fingerprint density at radius 1 is 1.00 bits per heavy atom. The second-order valence-corrected chi connectivity index (χ2v) is 5.44. The van der Waals surface area contributed by atoms with Crippen LogP contribution in [0.15, 0.2) is 48.8 Å². The van der Waals surface area contributed by atoms with Crippen molar-refractivity contribution in [3.63, 3.8) is 0 Å². The lowest BCUT2D eigenvalue weighted by molar-refractivity contribution is 0.0636. The lowest BCUT2D eigenvalue weighted by atomic mass is 10.2. The normalized spacial score (nSPS) is 10.8. The number of pyridine rings is 1. The van der Waals surface area contributed by atoms with E-state index in [2.05, 4.69) is 10.3 Å². The number of hydrogen-bond donors (Lipinski definition) is 1. The molecule has 1 aromatic carbocycles. The van der Waals surface area contributed by atoms with Crippen molar-refractivity contribution in [3.8, 4) is 11.5 Å². The number of carbonyl (C=O) groups is 1. The minimum Gasteiger partial charge on any atom is -0.457 e. The van der Waals surface area contributed by atoms with E-state index in [1.54, 1.807) is 48.8 Å². The maximum Gasteiger partial charge on any atom is 0.412 e. The molecule has 0 saturated heterocycles. The number of benzene rings is 1. The van der Waals surface area contributed by atoms with E-state index in [4.69, 9.17) is 9.47 Å². The summed E-state index contributed by atoms with van der Waals surface area (Å²) >= 11 is 0. The Balaban J connectivity index is 1.95. The topological polar surface area (TPSA) is 60.5 Å². The van der Waals surface area contributed by atoms with Gasteiger partial charge in [-0.3, -0.25) is 10.3 Å². The van der Waals surface area contributed by atoms with Crippen LogP contribution in [-0.4, -0.2) is 16.7 Å². The van der Waals surface area contributed by atoms with Gasteiger partial charge in [0, 0.05) is 18.1 Å². The molecular formula is C16H18N2O3. The maximum absolute atomic E-state index is 11.6. The first-order valence-electron chi connectivity index (χ1n) is 6.60. The van der Waals surface area contributed by atoms with Gasteiger partial charge in [-0.25, -0.2) is 4.79 Å². The van der Waals surface area contributed by atoms with Gasteiger partial charge in [-0.1, -0.05) is 0 Å². The van der Waals surface area contributed by atoms with E-state index < -0.39 is 11.7 Å². The van der Waals surface area contributed by atoms with E-state index in [-0.39, 0.29) is 0 Å². The number of aromatic nitrogens is 1. The van der Waals surface area contributed by atoms with E-state index in [1.807, 2.05) is 20.8 Å². The Kier molecular flexibility index (Phi) is 4.42. The summed E-state index contributed by atoms with van der Waals surface area (Å²) in [5, 5.41) is 2.66. The number of nitrogens with zero attached hydrogens (tertiary/aromatic N) is 1. The van der Waals surface area contributed by atoms with Crippen LogP contribution in [0.4, 0.5) is 10.5 Å². The minimum atomic E-state index is -0.519. The van der Waals surface area contributed by atoms with E-state index in [0.717, 1.165) is 0 Å². The fourth-order valence-electron chi connectivity index (χ4n) is 1.57. The summed E-state index contributed by atoms with van der Waals surface area (Å²) in [6, 6.07) is 10.6. The number of hydrogen-bond acceptors (Lipinski definition) is 4. The number of carbonyl (C=O) groups excluding carboxylic acids is 1. The molecule has 5 heteroatoms. The van der Waals surface area contributed by atoms with Crippen LogP contribution in [0, 0.1) is 0 Å². The minimum absolute atomic E-state index is 0.481. The largest absolute Gasteiger partial charge is 0.457 e. The Bertz CT molecular complexity index is 589. The molecule has 0 spiro atoms. The highest BCUT2D eigenvalue weighted by Gasteiger charge is 2.16. The molecule has 1 N–H and O–H groups in total. The van der Waals surface area contributed by atoms with E-state index in [9.17, 15) is 4.79 Å². The van der Waals surface area contributed by atoms with E-state index in [1.165, 1.54) is 0 Å². The molecule has 110 valence electrons. The van der Waals surface area contributed by atoms with Crippen molar-refractivity contribution < 1.29 is 14.3 Å². The number of amides is 1. The highest BCUT2D eigenvalue weighted by molar-refractivity contribution is 5.84. The van der Waals surface area contributed by atoms with Crippen molar-refractivity contribution in [2.24, 2.45) is 0 Å². The van der Waals surface area contributed by atoms with Gasteiger partial charge < -0.3 is 9.47 Å². The third-order valence-electron chi connectivity index (χ3n) is 2.39. The summed E-state index contributed by atoms with van der Waals surface area (Å²) in [5.74, 6) is 1.38. The first-order chi connectivity index (χ1) is 9.92. The van der Waals surface area contributed by atoms with Gasteiger partial charge in [-0.15, -0.1) is 0 Å². The van der Waals surface area contributed by atoms with E-state index in [0.29, 0.717) is 17.2 Å². The van der Waals surface area contributed by atoms with Gasteiger partial charge in [0.05, 0.1) is 0 Å². The molecule has 0 bridgehead atoms. The van der Waals surface area contributed by atoms with E-state index >= 15 is 0 Å². The quantitative estimate of drug-likeness (QED) is 0.917. The van der Waals surface area contributed by atoms with Crippen molar-refractivity contribution in [1.82, 2.24) is 4.98 Å². The van der Waals surface area contributed by atoms with Crippen molar-refractivity contribution in [2.45, 2.75) is 26.4 Å². The molecule has 0 atom stereocenters. The third-order valence-corrected chi connectivity index (χ3v) is 2.39. The zero-order valence-electron chi connectivity index (χ0n) is 12.3. The molecule has 0 saturated carbocycles. The van der Waals surface area contributed by atoms with Crippen LogP contribution in [0.1, 0.15) is 20.8 Å². The molecular weight excluding hydrogens is 268 g/mol. The second-order valence-electron chi connectivity index (χ2n) is 5.44. The number of nitrogens with one attached hydrogen (secondary N) is 1. The molecule has 0 aliphatic rings. The van der Waals surface area contributed by atoms with Crippen LogP contribution >= 0.6 is 0 Å². The van der Waals surface area contributed by atoms with Crippen molar-refractivity contribution >= 4 is 11.8 Å². The van der Waals surface area contributed by atoms with Gasteiger partial charge in [0.15, 0.2) is 0 Å². The van der Waals surface area contributed by atoms with Gasteiger partial charge >= 0.3 is 6.09 Å². The Labute approximate surface area is 123 Å². The Hall–Kier alpha value is -2.56. The van der Waals surface area contributed by atoms with Crippen LogP contribution in [-0.2, 0) is 4.74 Å². The summed E-state index contributed by atoms with van der Waals surface area (Å²) in [6.07, 6.45) is 2.84. The van der Waals surface area contributed by atoms with Crippen LogP contribution in [0.3, 0.4) is 0 Å². The third kappa shape index (κ3) is 5.14. The van der Waals surface area contributed by atoms with Crippen molar-refractivity contribution in [2.75, 3.05) is 5.32 Å². The van der Waals surface area contributed by atoms with Gasteiger partial charge in [0.25, 0.3) is 0 Å². The molecule has 0 radical (unpaired) electrons. The van der Waals surface area contributed by atoms with Crippen LogP contribution in [0.25, 0.3) is 0 Å². The SMILES string of the molecule is CC(C)(C)OC(=O)Nc1ccc(Oc2ccncc2)cc1. The summed E-state index contributed by atoms with van der Waals surface area (Å²) in [6.45, 7) is 5.45.